The second-order valence-electron chi connectivity index (χ2n) is 5.12. The van der Waals surface area contributed by atoms with Gasteiger partial charge in [0, 0.05) is 17.5 Å². The van der Waals surface area contributed by atoms with E-state index in [0.717, 1.165) is 5.69 Å². The van der Waals surface area contributed by atoms with Gasteiger partial charge in [-0.15, -0.1) is 0 Å². The topological polar surface area (TPSA) is 67.5 Å². The molecule has 7 heteroatoms. The normalized spacial score (nSPS) is 11.1. The minimum atomic E-state index is -0.165. The van der Waals surface area contributed by atoms with Crippen molar-refractivity contribution in [2.24, 2.45) is 0 Å². The van der Waals surface area contributed by atoms with E-state index < -0.39 is 0 Å². The van der Waals surface area contributed by atoms with Gasteiger partial charge in [-0.25, -0.2) is 9.97 Å². The smallest absolute Gasteiger partial charge is 0.234 e. The maximum atomic E-state index is 13.0. The Morgan fingerprint density at radius 2 is 1.91 bits per heavy atom. The zero-order valence-corrected chi connectivity index (χ0v) is 15.6. The van der Waals surface area contributed by atoms with Crippen LogP contribution in [0.3, 0.4) is 0 Å². The van der Waals surface area contributed by atoms with Crippen molar-refractivity contribution in [2.45, 2.75) is 20.3 Å². The standard InChI is InChI=1S/C16H13Br2N3O2/c1-3-12-13(21-5-4-8(2)19-16(21)20-12)14(22)9-6-10(17)15(23)11(18)7-9/h4-7,23H,3H2,1-2H3. The third-order valence-electron chi connectivity index (χ3n) is 3.53. The van der Waals surface area contributed by atoms with Crippen molar-refractivity contribution < 1.29 is 9.90 Å². The maximum Gasteiger partial charge on any atom is 0.234 e. The Morgan fingerprint density at radius 1 is 1.26 bits per heavy atom. The van der Waals surface area contributed by atoms with Crippen LogP contribution in [0.5, 0.6) is 5.75 Å². The van der Waals surface area contributed by atoms with Gasteiger partial charge in [0.15, 0.2) is 0 Å². The molecule has 1 N–H and O–H groups in total. The van der Waals surface area contributed by atoms with Gasteiger partial charge in [-0.1, -0.05) is 6.92 Å². The highest BCUT2D eigenvalue weighted by Gasteiger charge is 2.22. The molecule has 0 aliphatic carbocycles. The first kappa shape index (κ1) is 16.1. The number of imidazole rings is 1. The first-order chi connectivity index (χ1) is 10.9. The predicted molar refractivity (Wildman–Crippen MR) is 94.0 cm³/mol. The molecule has 0 radical (unpaired) electrons. The van der Waals surface area contributed by atoms with Crippen LogP contribution in [-0.4, -0.2) is 25.3 Å². The number of phenols is 1. The number of aromatic nitrogens is 3. The Balaban J connectivity index is 2.21. The van der Waals surface area contributed by atoms with E-state index in [2.05, 4.69) is 41.8 Å². The molecule has 23 heavy (non-hydrogen) atoms. The summed E-state index contributed by atoms with van der Waals surface area (Å²) in [4.78, 5) is 21.8. The van der Waals surface area contributed by atoms with E-state index in [9.17, 15) is 9.90 Å². The fraction of sp³-hybridized carbons (Fsp3) is 0.188. The number of rotatable bonds is 3. The van der Waals surface area contributed by atoms with Crippen molar-refractivity contribution >= 4 is 43.4 Å². The first-order valence-electron chi connectivity index (χ1n) is 6.99. The molecular formula is C16H13Br2N3O2. The second-order valence-corrected chi connectivity index (χ2v) is 6.83. The van der Waals surface area contributed by atoms with E-state index >= 15 is 0 Å². The predicted octanol–water partition coefficient (Wildman–Crippen LogP) is 4.06. The second kappa shape index (κ2) is 6.05. The summed E-state index contributed by atoms with van der Waals surface area (Å²) in [5.41, 5.74) is 2.51. The number of phenolic OH excluding ortho intramolecular Hbond substituents is 1. The van der Waals surface area contributed by atoms with Crippen molar-refractivity contribution in [2.75, 3.05) is 0 Å². The Labute approximate surface area is 149 Å². The van der Waals surface area contributed by atoms with Crippen molar-refractivity contribution in [1.82, 2.24) is 14.4 Å². The first-order valence-corrected chi connectivity index (χ1v) is 8.58. The molecule has 1 aromatic carbocycles. The number of fused-ring (bicyclic) bond motifs is 1. The number of hydrogen-bond acceptors (Lipinski definition) is 4. The average Bonchev–Trinajstić information content (AvgIpc) is 2.88. The average molecular weight is 439 g/mol. The fourth-order valence-electron chi connectivity index (χ4n) is 2.38. The van der Waals surface area contributed by atoms with Crippen LogP contribution >= 0.6 is 31.9 Å². The van der Waals surface area contributed by atoms with Gasteiger partial charge in [0.05, 0.1) is 14.6 Å². The molecule has 5 nitrogen and oxygen atoms in total. The Hall–Kier alpha value is -1.73. The number of nitrogens with zero attached hydrogens (tertiary/aromatic N) is 3. The van der Waals surface area contributed by atoms with Crippen molar-refractivity contribution in [3.05, 3.63) is 56.0 Å². The van der Waals surface area contributed by atoms with Gasteiger partial charge in [-0.05, 0) is 63.4 Å². The molecule has 3 aromatic rings. The number of hydrogen-bond donors (Lipinski definition) is 1. The molecule has 0 amide bonds. The number of aryl methyl sites for hydroxylation is 2. The van der Waals surface area contributed by atoms with Gasteiger partial charge < -0.3 is 5.11 Å². The van der Waals surface area contributed by atoms with Crippen LogP contribution in [0.1, 0.15) is 34.4 Å². The van der Waals surface area contributed by atoms with Crippen LogP contribution in [0.2, 0.25) is 0 Å². The van der Waals surface area contributed by atoms with Gasteiger partial charge in [-0.2, -0.15) is 0 Å². The molecule has 0 aliphatic heterocycles. The summed E-state index contributed by atoms with van der Waals surface area (Å²) in [5, 5.41) is 9.81. The van der Waals surface area contributed by atoms with E-state index in [4.69, 9.17) is 0 Å². The highest BCUT2D eigenvalue weighted by atomic mass is 79.9. The zero-order chi connectivity index (χ0) is 16.7. The largest absolute Gasteiger partial charge is 0.506 e. The lowest BCUT2D eigenvalue weighted by Gasteiger charge is -2.07. The van der Waals surface area contributed by atoms with Crippen molar-refractivity contribution in [3.8, 4) is 5.75 Å². The minimum Gasteiger partial charge on any atom is -0.506 e. The molecule has 118 valence electrons. The number of halogens is 2. The summed E-state index contributed by atoms with van der Waals surface area (Å²) in [6.45, 7) is 3.84. The van der Waals surface area contributed by atoms with Crippen LogP contribution in [0.25, 0.3) is 5.78 Å². The molecule has 0 fully saturated rings. The summed E-state index contributed by atoms with van der Waals surface area (Å²) < 4.78 is 2.62. The fourth-order valence-corrected chi connectivity index (χ4v) is 3.57. The zero-order valence-electron chi connectivity index (χ0n) is 12.5. The van der Waals surface area contributed by atoms with E-state index in [0.29, 0.717) is 38.1 Å². The molecule has 3 rings (SSSR count). The van der Waals surface area contributed by atoms with Crippen molar-refractivity contribution in [3.63, 3.8) is 0 Å². The molecule has 0 saturated heterocycles. The molecule has 0 bridgehead atoms. The third-order valence-corrected chi connectivity index (χ3v) is 4.74. The van der Waals surface area contributed by atoms with Crippen LogP contribution < -0.4 is 0 Å². The molecule has 2 heterocycles. The lowest BCUT2D eigenvalue weighted by Crippen LogP contribution is -2.08. The molecule has 0 atom stereocenters. The number of ketones is 1. The van der Waals surface area contributed by atoms with E-state index in [1.807, 2.05) is 26.1 Å². The molecule has 0 aliphatic rings. The van der Waals surface area contributed by atoms with Gasteiger partial charge >= 0.3 is 0 Å². The lowest BCUT2D eigenvalue weighted by molar-refractivity contribution is 0.103. The Bertz CT molecular complexity index is 911. The van der Waals surface area contributed by atoms with E-state index in [1.165, 1.54) is 0 Å². The van der Waals surface area contributed by atoms with Crippen LogP contribution in [-0.2, 0) is 6.42 Å². The van der Waals surface area contributed by atoms with Crippen molar-refractivity contribution in [1.29, 1.82) is 0 Å². The summed E-state index contributed by atoms with van der Waals surface area (Å²) in [6.07, 6.45) is 2.44. The number of benzene rings is 1. The SMILES string of the molecule is CCc1nc2nc(C)ccn2c1C(=O)c1cc(Br)c(O)c(Br)c1. The summed E-state index contributed by atoms with van der Waals surface area (Å²) in [6, 6.07) is 5.04. The monoisotopic (exact) mass is 437 g/mol. The molecule has 0 spiro atoms. The maximum absolute atomic E-state index is 13.0. The summed E-state index contributed by atoms with van der Waals surface area (Å²) in [7, 11) is 0. The van der Waals surface area contributed by atoms with Crippen LogP contribution in [0.4, 0.5) is 0 Å². The van der Waals surface area contributed by atoms with Gasteiger partial charge in [0.2, 0.25) is 11.6 Å². The lowest BCUT2D eigenvalue weighted by atomic mass is 10.1. The van der Waals surface area contributed by atoms with E-state index in [1.54, 1.807) is 16.5 Å². The summed E-state index contributed by atoms with van der Waals surface area (Å²) >= 11 is 6.51. The Kier molecular flexibility index (Phi) is 4.25. The Morgan fingerprint density at radius 3 is 2.52 bits per heavy atom. The molecular weight excluding hydrogens is 426 g/mol. The summed E-state index contributed by atoms with van der Waals surface area (Å²) in [5.74, 6) is 0.413. The van der Waals surface area contributed by atoms with Gasteiger partial charge in [0.25, 0.3) is 0 Å². The highest BCUT2D eigenvalue weighted by Crippen LogP contribution is 2.34. The van der Waals surface area contributed by atoms with Gasteiger partial charge in [0.1, 0.15) is 11.4 Å². The van der Waals surface area contributed by atoms with Crippen LogP contribution in [0.15, 0.2) is 33.3 Å². The molecule has 2 aromatic heterocycles. The third kappa shape index (κ3) is 2.79. The minimum absolute atomic E-state index is 0.0627. The van der Waals surface area contributed by atoms with E-state index in [-0.39, 0.29) is 11.5 Å². The molecule has 0 saturated carbocycles. The number of carbonyl (C=O) groups excluding carboxylic acids is 1. The quantitative estimate of drug-likeness (QED) is 0.626. The molecule has 0 unspecified atom stereocenters. The number of carbonyl (C=O) groups is 1. The number of aromatic hydroxyl groups is 1. The highest BCUT2D eigenvalue weighted by molar-refractivity contribution is 9.11. The van der Waals surface area contributed by atoms with Gasteiger partial charge in [-0.3, -0.25) is 9.20 Å². The van der Waals surface area contributed by atoms with Crippen LogP contribution in [0, 0.1) is 6.92 Å².